The molecule has 0 spiro atoms. The van der Waals surface area contributed by atoms with Gasteiger partial charge in [0.05, 0.1) is 12.1 Å². The molecule has 104 valence electrons. The predicted molar refractivity (Wildman–Crippen MR) is 72.9 cm³/mol. The largest absolute Gasteiger partial charge is 0.333 e. The van der Waals surface area contributed by atoms with Crippen LogP contribution in [-0.4, -0.2) is 33.3 Å². The summed E-state index contributed by atoms with van der Waals surface area (Å²) in [5.74, 6) is 0.443. The van der Waals surface area contributed by atoms with Gasteiger partial charge in [-0.15, -0.1) is 0 Å². The van der Waals surface area contributed by atoms with Crippen molar-refractivity contribution in [1.82, 2.24) is 14.5 Å². The summed E-state index contributed by atoms with van der Waals surface area (Å²) in [5, 5.41) is 0. The molecule has 0 atom stereocenters. The van der Waals surface area contributed by atoms with Gasteiger partial charge >= 0.3 is 0 Å². The lowest BCUT2D eigenvalue weighted by Gasteiger charge is -2.27. The number of carbonyl (C=O) groups is 1. The van der Waals surface area contributed by atoms with Crippen LogP contribution in [-0.2, 0) is 13.1 Å². The minimum absolute atomic E-state index is 0.142. The van der Waals surface area contributed by atoms with Crippen LogP contribution in [0.5, 0.6) is 0 Å². The molecule has 0 N–H and O–H groups in total. The maximum Gasteiger partial charge on any atom is 0.167 e. The fourth-order valence-corrected chi connectivity index (χ4v) is 2.50. The average Bonchev–Trinajstić information content (AvgIpc) is 2.92. The summed E-state index contributed by atoms with van der Waals surface area (Å²) < 4.78 is 15.6. The van der Waals surface area contributed by atoms with Crippen LogP contribution in [0.3, 0.4) is 0 Å². The molecule has 2 aromatic rings. The third kappa shape index (κ3) is 2.63. The Balaban J connectivity index is 1.58. The number of rotatable bonds is 4. The van der Waals surface area contributed by atoms with Crippen LogP contribution < -0.4 is 0 Å². The van der Waals surface area contributed by atoms with E-state index in [0.717, 1.165) is 25.5 Å². The molecule has 1 aromatic carbocycles. The molecule has 0 bridgehead atoms. The van der Waals surface area contributed by atoms with Crippen molar-refractivity contribution in [1.29, 1.82) is 0 Å². The van der Waals surface area contributed by atoms with Gasteiger partial charge in [0.1, 0.15) is 11.6 Å². The second kappa shape index (κ2) is 5.54. The number of aromatic nitrogens is 2. The number of benzene rings is 1. The number of imidazole rings is 1. The second-order valence-electron chi connectivity index (χ2n) is 4.97. The Kier molecular flexibility index (Phi) is 3.60. The summed E-state index contributed by atoms with van der Waals surface area (Å²) in [6.45, 7) is 3.18. The van der Waals surface area contributed by atoms with Gasteiger partial charge in [0.15, 0.2) is 5.78 Å². The van der Waals surface area contributed by atoms with Gasteiger partial charge in [-0.05, 0) is 12.1 Å². The van der Waals surface area contributed by atoms with Gasteiger partial charge < -0.3 is 4.57 Å². The minimum atomic E-state index is -0.438. The fourth-order valence-electron chi connectivity index (χ4n) is 2.50. The van der Waals surface area contributed by atoms with Crippen LogP contribution in [0, 0.1) is 5.82 Å². The molecule has 0 saturated carbocycles. The Hall–Kier alpha value is -2.01. The number of carbonyl (C=O) groups excluding carboxylic acids is 1. The third-order valence-electron chi connectivity index (χ3n) is 3.65. The van der Waals surface area contributed by atoms with E-state index in [4.69, 9.17) is 0 Å². The van der Waals surface area contributed by atoms with Crippen LogP contribution in [0.25, 0.3) is 0 Å². The van der Waals surface area contributed by atoms with Crippen molar-refractivity contribution in [3.63, 3.8) is 0 Å². The van der Waals surface area contributed by atoms with Crippen LogP contribution in [0.4, 0.5) is 4.39 Å². The highest BCUT2D eigenvalue weighted by atomic mass is 19.1. The van der Waals surface area contributed by atoms with Crippen molar-refractivity contribution in [3.05, 3.63) is 53.9 Å². The van der Waals surface area contributed by atoms with E-state index in [1.807, 2.05) is 6.20 Å². The van der Waals surface area contributed by atoms with E-state index in [1.165, 1.54) is 6.07 Å². The third-order valence-corrected chi connectivity index (χ3v) is 3.65. The number of fused-ring (bicyclic) bond motifs is 1. The van der Waals surface area contributed by atoms with E-state index in [9.17, 15) is 9.18 Å². The van der Waals surface area contributed by atoms with Gasteiger partial charge in [-0.1, -0.05) is 12.1 Å². The first kappa shape index (κ1) is 13.0. The minimum Gasteiger partial charge on any atom is -0.333 e. The van der Waals surface area contributed by atoms with Gasteiger partial charge in [-0.25, -0.2) is 9.37 Å². The van der Waals surface area contributed by atoms with Crippen LogP contribution in [0.1, 0.15) is 22.6 Å². The molecule has 3 rings (SSSR count). The zero-order valence-corrected chi connectivity index (χ0v) is 11.1. The van der Waals surface area contributed by atoms with Crippen LogP contribution in [0.15, 0.2) is 36.7 Å². The number of halogens is 1. The van der Waals surface area contributed by atoms with Crippen molar-refractivity contribution >= 4 is 5.78 Å². The van der Waals surface area contributed by atoms with Gasteiger partial charge in [-0.3, -0.25) is 9.69 Å². The zero-order valence-electron chi connectivity index (χ0n) is 11.1. The summed E-state index contributed by atoms with van der Waals surface area (Å²) in [5.41, 5.74) is 0.186. The maximum absolute atomic E-state index is 13.5. The molecule has 0 saturated heterocycles. The van der Waals surface area contributed by atoms with Gasteiger partial charge in [0.25, 0.3) is 0 Å². The number of hydrogen-bond acceptors (Lipinski definition) is 3. The van der Waals surface area contributed by atoms with E-state index >= 15 is 0 Å². The zero-order chi connectivity index (χ0) is 13.9. The molecule has 5 heteroatoms. The maximum atomic E-state index is 13.5. The van der Waals surface area contributed by atoms with Gasteiger partial charge in [0.2, 0.25) is 0 Å². The smallest absolute Gasteiger partial charge is 0.167 e. The Morgan fingerprint density at radius 1 is 1.30 bits per heavy atom. The SMILES string of the molecule is O=C(CCN1CCn2ccnc2C1)c1ccccc1F. The Morgan fingerprint density at radius 2 is 2.15 bits per heavy atom. The lowest BCUT2D eigenvalue weighted by atomic mass is 10.1. The Morgan fingerprint density at radius 3 is 3.00 bits per heavy atom. The molecule has 0 unspecified atom stereocenters. The predicted octanol–water partition coefficient (Wildman–Crippen LogP) is 2.11. The average molecular weight is 273 g/mol. The number of Topliss-reactive ketones (excluding diaryl/α,β-unsaturated/α-hetero) is 1. The molecule has 1 aromatic heterocycles. The highest BCUT2D eigenvalue weighted by Gasteiger charge is 2.18. The highest BCUT2D eigenvalue weighted by Crippen LogP contribution is 2.13. The highest BCUT2D eigenvalue weighted by molar-refractivity contribution is 5.96. The summed E-state index contributed by atoms with van der Waals surface area (Å²) >= 11 is 0. The van der Waals surface area contributed by atoms with E-state index in [1.54, 1.807) is 24.4 Å². The standard InChI is InChI=1S/C15H16FN3O/c16-13-4-2-1-3-12(13)14(20)5-7-18-9-10-19-8-6-17-15(19)11-18/h1-4,6,8H,5,7,9-11H2. The molecule has 0 aliphatic carbocycles. The quantitative estimate of drug-likeness (QED) is 0.801. The van der Waals surface area contributed by atoms with Crippen molar-refractivity contribution in [3.8, 4) is 0 Å². The second-order valence-corrected chi connectivity index (χ2v) is 4.97. The number of ketones is 1. The topological polar surface area (TPSA) is 38.1 Å². The number of hydrogen-bond donors (Lipinski definition) is 0. The molecule has 0 fully saturated rings. The Bertz CT molecular complexity index is 623. The summed E-state index contributed by atoms with van der Waals surface area (Å²) in [6, 6.07) is 6.15. The molecule has 1 aliphatic rings. The molecule has 2 heterocycles. The van der Waals surface area contributed by atoms with E-state index in [2.05, 4.69) is 14.5 Å². The van der Waals surface area contributed by atoms with E-state index in [0.29, 0.717) is 13.0 Å². The first-order valence-corrected chi connectivity index (χ1v) is 6.74. The molecule has 1 aliphatic heterocycles. The fraction of sp³-hybridized carbons (Fsp3) is 0.333. The molecule has 4 nitrogen and oxygen atoms in total. The summed E-state index contributed by atoms with van der Waals surface area (Å²) in [6.07, 6.45) is 4.10. The molecular weight excluding hydrogens is 257 g/mol. The Labute approximate surface area is 116 Å². The molecule has 20 heavy (non-hydrogen) atoms. The van der Waals surface area contributed by atoms with Crippen molar-refractivity contribution in [2.75, 3.05) is 13.1 Å². The van der Waals surface area contributed by atoms with Crippen LogP contribution >= 0.6 is 0 Å². The molecular formula is C15H16FN3O. The first-order chi connectivity index (χ1) is 9.74. The van der Waals surface area contributed by atoms with Crippen molar-refractivity contribution < 1.29 is 9.18 Å². The normalized spacial score (nSPS) is 15.1. The molecule has 0 amide bonds. The summed E-state index contributed by atoms with van der Waals surface area (Å²) in [4.78, 5) is 18.5. The van der Waals surface area contributed by atoms with Crippen molar-refractivity contribution in [2.45, 2.75) is 19.5 Å². The lowest BCUT2D eigenvalue weighted by molar-refractivity contribution is 0.0951. The van der Waals surface area contributed by atoms with E-state index < -0.39 is 5.82 Å². The number of nitrogens with zero attached hydrogens (tertiary/aromatic N) is 3. The molecule has 0 radical (unpaired) electrons. The van der Waals surface area contributed by atoms with E-state index in [-0.39, 0.29) is 11.3 Å². The van der Waals surface area contributed by atoms with Crippen molar-refractivity contribution in [2.24, 2.45) is 0 Å². The van der Waals surface area contributed by atoms with Gasteiger partial charge in [0, 0.05) is 38.4 Å². The monoisotopic (exact) mass is 273 g/mol. The van der Waals surface area contributed by atoms with Crippen LogP contribution in [0.2, 0.25) is 0 Å². The van der Waals surface area contributed by atoms with Gasteiger partial charge in [-0.2, -0.15) is 0 Å². The lowest BCUT2D eigenvalue weighted by Crippen LogP contribution is -2.35. The summed E-state index contributed by atoms with van der Waals surface area (Å²) in [7, 11) is 0. The first-order valence-electron chi connectivity index (χ1n) is 6.74.